The fraction of sp³-hybridized carbons (Fsp3) is 0.750. The second-order valence-corrected chi connectivity index (χ2v) is 12.2. The molecule has 0 aliphatic heterocycles. The molecule has 194 valence electrons. The first-order valence-corrected chi connectivity index (χ1v) is 12.8. The maximum absolute atomic E-state index is 12.6. The SMILES string of the molecule is Cc1cc(OC(=O)[C@@H](N)CCCCN)cc2c1[C@]1(C)CC[C@H]3C(C)(C)CCC[C@]3(C)[C@H]1C2.Cl.Cl. The molecule has 0 unspecified atom stereocenters. The Bertz CT molecular complexity index is 889. The van der Waals surface area contributed by atoms with Gasteiger partial charge in [-0.15, -0.1) is 24.8 Å². The molecule has 4 rings (SSSR count). The number of carbonyl (C=O) groups excluding carboxylic acids is 1. The molecule has 34 heavy (non-hydrogen) atoms. The van der Waals surface area contributed by atoms with Crippen LogP contribution < -0.4 is 16.2 Å². The number of hydrogen-bond acceptors (Lipinski definition) is 4. The van der Waals surface area contributed by atoms with Gasteiger partial charge >= 0.3 is 5.97 Å². The number of carbonyl (C=O) groups is 1. The minimum absolute atomic E-state index is 0. The molecule has 0 radical (unpaired) electrons. The molecule has 1 aromatic carbocycles. The number of benzene rings is 1. The fourth-order valence-electron chi connectivity index (χ4n) is 8.31. The molecule has 5 atom stereocenters. The van der Waals surface area contributed by atoms with Gasteiger partial charge in [0.15, 0.2) is 0 Å². The molecule has 0 bridgehead atoms. The molecule has 6 heteroatoms. The standard InChI is InChI=1S/C28H44N2O2.2ClH/c1-18-15-20(32-25(31)21(30)9-6-7-14-29)16-19-17-23-27(4)12-8-11-26(2,3)22(27)10-13-28(23,5)24(18)19;;/h15-16,21-23H,6-14,17,29-30H2,1-5H3;2*1H/t21-,22-,23+,27-,28+;;/m0../s1. The summed E-state index contributed by atoms with van der Waals surface area (Å²) in [4.78, 5) is 12.6. The van der Waals surface area contributed by atoms with Crippen LogP contribution in [0.5, 0.6) is 5.75 Å². The van der Waals surface area contributed by atoms with Crippen LogP contribution in [0, 0.1) is 29.6 Å². The highest BCUT2D eigenvalue weighted by atomic mass is 35.5. The molecule has 3 aliphatic carbocycles. The van der Waals surface area contributed by atoms with Crippen LogP contribution in [-0.4, -0.2) is 18.6 Å². The molecule has 0 heterocycles. The van der Waals surface area contributed by atoms with Crippen LogP contribution in [0.1, 0.15) is 95.8 Å². The summed E-state index contributed by atoms with van der Waals surface area (Å²) in [5.41, 5.74) is 16.8. The Balaban J connectivity index is 0.00000204. The van der Waals surface area contributed by atoms with Crippen molar-refractivity contribution in [3.05, 3.63) is 28.8 Å². The number of nitrogens with two attached hydrogens (primary N) is 2. The highest BCUT2D eigenvalue weighted by Crippen LogP contribution is 2.67. The maximum atomic E-state index is 12.6. The summed E-state index contributed by atoms with van der Waals surface area (Å²) in [5.74, 6) is 1.78. The first kappa shape index (κ1) is 29.4. The summed E-state index contributed by atoms with van der Waals surface area (Å²) in [5, 5.41) is 0. The second-order valence-electron chi connectivity index (χ2n) is 12.2. The summed E-state index contributed by atoms with van der Waals surface area (Å²) < 4.78 is 5.77. The van der Waals surface area contributed by atoms with E-state index in [1.54, 1.807) is 0 Å². The molecule has 1 aromatic rings. The molecule has 4 N–H and O–H groups in total. The van der Waals surface area contributed by atoms with E-state index in [1.807, 2.05) is 0 Å². The van der Waals surface area contributed by atoms with Gasteiger partial charge in [0.05, 0.1) is 0 Å². The lowest BCUT2D eigenvalue weighted by molar-refractivity contribution is -0.136. The van der Waals surface area contributed by atoms with Crippen molar-refractivity contribution in [2.45, 2.75) is 104 Å². The third-order valence-corrected chi connectivity index (χ3v) is 9.67. The Labute approximate surface area is 219 Å². The van der Waals surface area contributed by atoms with Crippen LogP contribution in [0.2, 0.25) is 0 Å². The van der Waals surface area contributed by atoms with Crippen molar-refractivity contribution in [2.75, 3.05) is 6.54 Å². The van der Waals surface area contributed by atoms with Gasteiger partial charge in [0.1, 0.15) is 11.8 Å². The first-order chi connectivity index (χ1) is 15.0. The summed E-state index contributed by atoms with van der Waals surface area (Å²) in [6, 6.07) is 3.62. The highest BCUT2D eigenvalue weighted by Gasteiger charge is 2.61. The number of hydrogen-bond donors (Lipinski definition) is 2. The average Bonchev–Trinajstić information content (AvgIpc) is 3.01. The zero-order chi connectivity index (χ0) is 23.3. The van der Waals surface area contributed by atoms with Crippen molar-refractivity contribution >= 4 is 30.8 Å². The summed E-state index contributed by atoms with van der Waals surface area (Å²) in [6.07, 6.45) is 10.1. The molecular weight excluding hydrogens is 467 g/mol. The van der Waals surface area contributed by atoms with Gasteiger partial charge in [-0.3, -0.25) is 0 Å². The number of ether oxygens (including phenoxy) is 1. The minimum atomic E-state index is -0.584. The van der Waals surface area contributed by atoms with Gasteiger partial charge in [0, 0.05) is 0 Å². The van der Waals surface area contributed by atoms with Crippen LogP contribution >= 0.6 is 24.8 Å². The lowest BCUT2D eigenvalue weighted by atomic mass is 9.43. The van der Waals surface area contributed by atoms with Crippen molar-refractivity contribution in [3.63, 3.8) is 0 Å². The zero-order valence-corrected chi connectivity index (χ0v) is 23.4. The molecule has 0 amide bonds. The Morgan fingerprint density at radius 1 is 1.09 bits per heavy atom. The van der Waals surface area contributed by atoms with Crippen molar-refractivity contribution in [1.29, 1.82) is 0 Å². The molecule has 2 fully saturated rings. The second kappa shape index (κ2) is 10.7. The highest BCUT2D eigenvalue weighted by molar-refractivity contribution is 5.85. The molecule has 0 spiro atoms. The Morgan fingerprint density at radius 2 is 1.79 bits per heavy atom. The van der Waals surface area contributed by atoms with Crippen LogP contribution in [0.4, 0.5) is 0 Å². The third-order valence-electron chi connectivity index (χ3n) is 9.67. The molecule has 2 saturated carbocycles. The van der Waals surface area contributed by atoms with E-state index in [9.17, 15) is 4.79 Å². The van der Waals surface area contributed by atoms with Gasteiger partial charge in [0.2, 0.25) is 0 Å². The van der Waals surface area contributed by atoms with Gasteiger partial charge in [0.25, 0.3) is 0 Å². The monoisotopic (exact) mass is 512 g/mol. The van der Waals surface area contributed by atoms with Crippen molar-refractivity contribution in [3.8, 4) is 5.75 Å². The largest absolute Gasteiger partial charge is 0.425 e. The number of halogens is 2. The van der Waals surface area contributed by atoms with Crippen molar-refractivity contribution in [1.82, 2.24) is 0 Å². The summed E-state index contributed by atoms with van der Waals surface area (Å²) >= 11 is 0. The van der Waals surface area contributed by atoms with E-state index in [2.05, 4.69) is 46.8 Å². The van der Waals surface area contributed by atoms with E-state index < -0.39 is 6.04 Å². The molecular formula is C28H46Cl2N2O2. The topological polar surface area (TPSA) is 78.3 Å². The van der Waals surface area contributed by atoms with Gasteiger partial charge in [-0.1, -0.05) is 40.5 Å². The first-order valence-electron chi connectivity index (χ1n) is 12.8. The number of esters is 1. The van der Waals surface area contributed by atoms with Gasteiger partial charge < -0.3 is 16.2 Å². The summed E-state index contributed by atoms with van der Waals surface area (Å²) in [7, 11) is 0. The van der Waals surface area contributed by atoms with E-state index >= 15 is 0 Å². The predicted octanol–water partition coefficient (Wildman–Crippen LogP) is 6.26. The fourth-order valence-corrected chi connectivity index (χ4v) is 8.31. The van der Waals surface area contributed by atoms with E-state index in [-0.39, 0.29) is 36.2 Å². The van der Waals surface area contributed by atoms with Gasteiger partial charge in [-0.2, -0.15) is 0 Å². The van der Waals surface area contributed by atoms with Gasteiger partial charge in [-0.25, -0.2) is 4.79 Å². The Kier molecular flexibility index (Phi) is 9.23. The Hall–Kier alpha value is -0.810. The quantitative estimate of drug-likeness (QED) is 0.268. The number of fused-ring (bicyclic) bond motifs is 5. The van der Waals surface area contributed by atoms with Crippen LogP contribution in [-0.2, 0) is 16.6 Å². The molecule has 0 aromatic heterocycles. The minimum Gasteiger partial charge on any atom is -0.425 e. The van der Waals surface area contributed by atoms with E-state index in [0.717, 1.165) is 25.2 Å². The molecule has 0 saturated heterocycles. The predicted molar refractivity (Wildman–Crippen MR) is 145 cm³/mol. The smallest absolute Gasteiger partial charge is 0.328 e. The lowest BCUT2D eigenvalue weighted by Gasteiger charge is -2.61. The van der Waals surface area contributed by atoms with Crippen molar-refractivity contribution in [2.24, 2.45) is 34.1 Å². The van der Waals surface area contributed by atoms with Crippen LogP contribution in [0.15, 0.2) is 12.1 Å². The van der Waals surface area contributed by atoms with E-state index in [1.165, 1.54) is 48.8 Å². The maximum Gasteiger partial charge on any atom is 0.328 e. The average molecular weight is 514 g/mol. The number of rotatable bonds is 6. The zero-order valence-electron chi connectivity index (χ0n) is 21.7. The summed E-state index contributed by atoms with van der Waals surface area (Å²) in [6.45, 7) is 12.9. The van der Waals surface area contributed by atoms with Gasteiger partial charge in [-0.05, 0) is 115 Å². The molecule has 4 nitrogen and oxygen atoms in total. The Morgan fingerprint density at radius 3 is 2.47 bits per heavy atom. The van der Waals surface area contributed by atoms with E-state index in [0.29, 0.717) is 35.5 Å². The molecule has 3 aliphatic rings. The normalized spacial score (nSPS) is 31.7. The van der Waals surface area contributed by atoms with Crippen LogP contribution in [0.25, 0.3) is 0 Å². The number of unbranched alkanes of at least 4 members (excludes halogenated alkanes) is 1. The number of aryl methyl sites for hydroxylation is 1. The third kappa shape index (κ3) is 4.90. The van der Waals surface area contributed by atoms with E-state index in [4.69, 9.17) is 16.2 Å². The lowest BCUT2D eigenvalue weighted by Crippen LogP contribution is -2.55. The van der Waals surface area contributed by atoms with Crippen molar-refractivity contribution < 1.29 is 9.53 Å². The van der Waals surface area contributed by atoms with Crippen LogP contribution in [0.3, 0.4) is 0 Å².